The molecule has 5 atom stereocenters. The van der Waals surface area contributed by atoms with Gasteiger partial charge in [-0.1, -0.05) is 0 Å². The largest absolute Gasteiger partial charge is 0.465 e. The summed E-state index contributed by atoms with van der Waals surface area (Å²) in [5.41, 5.74) is 1.59. The summed E-state index contributed by atoms with van der Waals surface area (Å²) in [6.07, 6.45) is 8.47. The Labute approximate surface area is 146 Å². The molecule has 0 amide bonds. The Bertz CT molecular complexity index is 830. The van der Waals surface area contributed by atoms with Crippen LogP contribution in [0.15, 0.2) is 18.5 Å². The Morgan fingerprint density at radius 1 is 1.36 bits per heavy atom. The van der Waals surface area contributed by atoms with Crippen LogP contribution < -0.4 is 5.32 Å². The normalized spacial score (nSPS) is 35.9. The summed E-state index contributed by atoms with van der Waals surface area (Å²) in [5.74, 6) is 1.21. The SMILES string of the molecule is COC(=O)c1cnc2[nH]ccc2c1NC1[C@@H]2C[C@@H]3C[C@H]1C[C@@](O)(C3)C2. The highest BCUT2D eigenvalue weighted by Crippen LogP contribution is 2.56. The Morgan fingerprint density at radius 2 is 2.12 bits per heavy atom. The number of fused-ring (bicyclic) bond motifs is 1. The van der Waals surface area contributed by atoms with Gasteiger partial charge < -0.3 is 20.1 Å². The number of carbonyl (C=O) groups is 1. The fraction of sp³-hybridized carbons (Fsp3) is 0.579. The van der Waals surface area contributed by atoms with Crippen molar-refractivity contribution in [2.75, 3.05) is 12.4 Å². The van der Waals surface area contributed by atoms with Gasteiger partial charge in [-0.15, -0.1) is 0 Å². The Kier molecular flexibility index (Phi) is 3.17. The number of hydrogen-bond donors (Lipinski definition) is 3. The third-order valence-corrected chi connectivity index (χ3v) is 6.54. The lowest BCUT2D eigenvalue weighted by Crippen LogP contribution is -2.59. The van der Waals surface area contributed by atoms with Crippen LogP contribution in [-0.2, 0) is 4.74 Å². The second-order valence-corrected chi connectivity index (χ2v) is 8.14. The Balaban J connectivity index is 1.54. The summed E-state index contributed by atoms with van der Waals surface area (Å²) in [5, 5.41) is 15.4. The van der Waals surface area contributed by atoms with E-state index >= 15 is 0 Å². The van der Waals surface area contributed by atoms with Gasteiger partial charge in [-0.2, -0.15) is 0 Å². The van der Waals surface area contributed by atoms with E-state index in [1.165, 1.54) is 20.0 Å². The van der Waals surface area contributed by atoms with Gasteiger partial charge in [0.15, 0.2) is 0 Å². The molecule has 4 aliphatic carbocycles. The average molecular weight is 341 g/mol. The number of aliphatic hydroxyl groups is 1. The van der Waals surface area contributed by atoms with Crippen LogP contribution in [0.3, 0.4) is 0 Å². The van der Waals surface area contributed by atoms with E-state index < -0.39 is 5.60 Å². The van der Waals surface area contributed by atoms with Crippen LogP contribution in [0.2, 0.25) is 0 Å². The molecule has 6 heteroatoms. The predicted molar refractivity (Wildman–Crippen MR) is 93.3 cm³/mol. The summed E-state index contributed by atoms with van der Waals surface area (Å²) in [4.78, 5) is 19.7. The fourth-order valence-electron chi connectivity index (χ4n) is 5.81. The lowest BCUT2D eigenvalue weighted by atomic mass is 9.52. The van der Waals surface area contributed by atoms with Crippen LogP contribution in [-0.4, -0.2) is 39.8 Å². The number of H-pyrrole nitrogens is 1. The molecule has 0 radical (unpaired) electrons. The number of carbonyl (C=O) groups excluding carboxylic acids is 1. The van der Waals surface area contributed by atoms with Crippen molar-refractivity contribution in [3.05, 3.63) is 24.0 Å². The molecule has 0 aromatic carbocycles. The number of hydrogen-bond acceptors (Lipinski definition) is 5. The number of anilines is 1. The van der Waals surface area contributed by atoms with Crippen LogP contribution in [0.25, 0.3) is 11.0 Å². The molecule has 2 heterocycles. The molecule has 2 aromatic heterocycles. The van der Waals surface area contributed by atoms with Crippen LogP contribution >= 0.6 is 0 Å². The third kappa shape index (κ3) is 2.27. The number of pyridine rings is 1. The zero-order chi connectivity index (χ0) is 17.2. The number of methoxy groups -OCH3 is 1. The van der Waals surface area contributed by atoms with Gasteiger partial charge in [0.25, 0.3) is 0 Å². The minimum Gasteiger partial charge on any atom is -0.465 e. The summed E-state index contributed by atoms with van der Waals surface area (Å²) in [6.45, 7) is 0. The fourth-order valence-corrected chi connectivity index (χ4v) is 5.81. The van der Waals surface area contributed by atoms with E-state index in [0.717, 1.165) is 36.0 Å². The van der Waals surface area contributed by atoms with E-state index in [2.05, 4.69) is 15.3 Å². The molecule has 2 aromatic rings. The molecule has 0 saturated heterocycles. The first-order valence-electron chi connectivity index (χ1n) is 9.10. The van der Waals surface area contributed by atoms with Crippen molar-refractivity contribution >= 4 is 22.7 Å². The lowest BCUT2D eigenvalue weighted by Gasteiger charge is -2.58. The predicted octanol–water partition coefficient (Wildman–Crippen LogP) is 2.70. The molecule has 6 rings (SSSR count). The van der Waals surface area contributed by atoms with Gasteiger partial charge in [-0.3, -0.25) is 0 Å². The van der Waals surface area contributed by atoms with Crippen LogP contribution in [0.5, 0.6) is 0 Å². The molecule has 1 unspecified atom stereocenters. The molecule has 4 bridgehead atoms. The van der Waals surface area contributed by atoms with E-state index in [1.807, 2.05) is 12.3 Å². The number of ether oxygens (including phenoxy) is 1. The average Bonchev–Trinajstić information content (AvgIpc) is 3.04. The van der Waals surface area contributed by atoms with Gasteiger partial charge >= 0.3 is 5.97 Å². The van der Waals surface area contributed by atoms with E-state index in [1.54, 1.807) is 6.20 Å². The van der Waals surface area contributed by atoms with E-state index in [0.29, 0.717) is 29.4 Å². The first-order chi connectivity index (χ1) is 12.1. The van der Waals surface area contributed by atoms with Gasteiger partial charge in [0.05, 0.1) is 18.4 Å². The summed E-state index contributed by atoms with van der Waals surface area (Å²) in [7, 11) is 1.39. The topological polar surface area (TPSA) is 87.2 Å². The maximum atomic E-state index is 12.2. The zero-order valence-electron chi connectivity index (χ0n) is 14.3. The van der Waals surface area contributed by atoms with Crippen molar-refractivity contribution < 1.29 is 14.6 Å². The molecule has 25 heavy (non-hydrogen) atoms. The molecule has 6 nitrogen and oxygen atoms in total. The van der Waals surface area contributed by atoms with Gasteiger partial charge in [-0.25, -0.2) is 9.78 Å². The first kappa shape index (κ1) is 15.2. The second kappa shape index (κ2) is 5.21. The monoisotopic (exact) mass is 341 g/mol. The molecule has 132 valence electrons. The number of esters is 1. The zero-order valence-corrected chi connectivity index (χ0v) is 14.3. The van der Waals surface area contributed by atoms with Gasteiger partial charge in [0, 0.05) is 23.8 Å². The van der Waals surface area contributed by atoms with Gasteiger partial charge in [0.2, 0.25) is 0 Å². The summed E-state index contributed by atoms with van der Waals surface area (Å²) < 4.78 is 4.96. The van der Waals surface area contributed by atoms with Crippen molar-refractivity contribution in [1.29, 1.82) is 0 Å². The number of aromatic nitrogens is 2. The molecule has 4 fully saturated rings. The van der Waals surface area contributed by atoms with E-state index in [-0.39, 0.29) is 5.97 Å². The Morgan fingerprint density at radius 3 is 2.80 bits per heavy atom. The minimum atomic E-state index is -0.457. The van der Waals surface area contributed by atoms with Crippen molar-refractivity contribution in [3.63, 3.8) is 0 Å². The van der Waals surface area contributed by atoms with Crippen LogP contribution in [0.4, 0.5) is 5.69 Å². The van der Waals surface area contributed by atoms with Crippen molar-refractivity contribution in [2.45, 2.75) is 43.7 Å². The molecule has 3 N–H and O–H groups in total. The quantitative estimate of drug-likeness (QED) is 0.747. The maximum Gasteiger partial charge on any atom is 0.341 e. The summed E-state index contributed by atoms with van der Waals surface area (Å²) in [6, 6.07) is 2.24. The molecule has 4 saturated carbocycles. The highest BCUT2D eigenvalue weighted by atomic mass is 16.5. The number of nitrogens with zero attached hydrogens (tertiary/aromatic N) is 1. The van der Waals surface area contributed by atoms with Crippen molar-refractivity contribution in [2.24, 2.45) is 17.8 Å². The van der Waals surface area contributed by atoms with Gasteiger partial charge in [-0.05, 0) is 55.9 Å². The third-order valence-electron chi connectivity index (χ3n) is 6.54. The number of nitrogens with one attached hydrogen (secondary N) is 2. The molecular weight excluding hydrogens is 318 g/mol. The summed E-state index contributed by atoms with van der Waals surface area (Å²) >= 11 is 0. The number of rotatable bonds is 3. The second-order valence-electron chi connectivity index (χ2n) is 8.14. The van der Waals surface area contributed by atoms with Crippen molar-refractivity contribution in [1.82, 2.24) is 9.97 Å². The first-order valence-corrected chi connectivity index (χ1v) is 9.10. The smallest absolute Gasteiger partial charge is 0.341 e. The van der Waals surface area contributed by atoms with Crippen LogP contribution in [0.1, 0.15) is 42.5 Å². The maximum absolute atomic E-state index is 12.2. The molecule has 0 aliphatic heterocycles. The van der Waals surface area contributed by atoms with E-state index in [4.69, 9.17) is 4.74 Å². The van der Waals surface area contributed by atoms with Crippen molar-refractivity contribution in [3.8, 4) is 0 Å². The number of aromatic amines is 1. The minimum absolute atomic E-state index is 0.292. The molecule has 4 aliphatic rings. The molecular formula is C19H23N3O3. The van der Waals surface area contributed by atoms with E-state index in [9.17, 15) is 9.90 Å². The standard InChI is InChI=1S/C19H23N3O3/c1-25-18(23)14-9-21-17-13(2-3-20-17)16(14)22-15-11-4-10-5-12(15)8-19(24,6-10)7-11/h2-3,9-12,15,24H,4-8H2,1H3,(H2,20,21,22)/t10-,11-,12+,15?,19-. The highest BCUT2D eigenvalue weighted by Gasteiger charge is 2.54. The van der Waals surface area contributed by atoms with Gasteiger partial charge in [0.1, 0.15) is 11.2 Å². The highest BCUT2D eigenvalue weighted by molar-refractivity contribution is 6.04. The Hall–Kier alpha value is -2.08. The molecule has 0 spiro atoms. The van der Waals surface area contributed by atoms with Crippen LogP contribution in [0, 0.1) is 17.8 Å². The lowest BCUT2D eigenvalue weighted by molar-refractivity contribution is -0.129.